The van der Waals surface area contributed by atoms with Gasteiger partial charge in [0.1, 0.15) is 16.0 Å². The van der Waals surface area contributed by atoms with Crippen molar-refractivity contribution in [3.63, 3.8) is 0 Å². The molecule has 0 radical (unpaired) electrons. The lowest BCUT2D eigenvalue weighted by atomic mass is 10.0. The topological polar surface area (TPSA) is 69.4 Å². The zero-order valence-electron chi connectivity index (χ0n) is 10.3. The van der Waals surface area contributed by atoms with E-state index in [2.05, 4.69) is 15.9 Å². The van der Waals surface area contributed by atoms with Gasteiger partial charge in [-0.2, -0.15) is 0 Å². The molecule has 1 aliphatic rings. The number of carbonyl (C=O) groups excluding carboxylic acids is 1. The molecular formula is C13H14BrNO4. The Hall–Kier alpha value is -1.43. The second-order valence-corrected chi connectivity index (χ2v) is 5.33. The van der Waals surface area contributed by atoms with Gasteiger partial charge in [-0.3, -0.25) is 14.9 Å². The Bertz CT molecular complexity index is 503. The number of rotatable bonds is 5. The lowest BCUT2D eigenvalue weighted by Crippen LogP contribution is -2.11. The molecule has 1 atom stereocenters. The van der Waals surface area contributed by atoms with Crippen LogP contribution in [0.15, 0.2) is 22.7 Å². The van der Waals surface area contributed by atoms with Crippen LogP contribution in [0.25, 0.3) is 0 Å². The van der Waals surface area contributed by atoms with Crippen LogP contribution in [0.2, 0.25) is 0 Å². The monoisotopic (exact) mass is 327 g/mol. The fourth-order valence-corrected chi connectivity index (χ4v) is 2.78. The summed E-state index contributed by atoms with van der Waals surface area (Å²) < 4.78 is 5.88. The first-order valence-corrected chi connectivity index (χ1v) is 6.97. The third kappa shape index (κ3) is 3.32. The minimum Gasteiger partial charge on any atom is -0.492 e. The fraction of sp³-hybridized carbons (Fsp3) is 0.462. The van der Waals surface area contributed by atoms with Crippen molar-refractivity contribution in [2.75, 3.05) is 6.61 Å². The SMILES string of the molecule is O=C1CCCC1CCOc1cccc([N+](=O)[O-])c1Br. The molecule has 5 nitrogen and oxygen atoms in total. The van der Waals surface area contributed by atoms with E-state index in [4.69, 9.17) is 4.74 Å². The summed E-state index contributed by atoms with van der Waals surface area (Å²) >= 11 is 3.17. The minimum absolute atomic E-state index is 0.0190. The molecule has 1 saturated carbocycles. The molecule has 0 spiro atoms. The number of halogens is 1. The first-order chi connectivity index (χ1) is 9.09. The molecule has 0 aliphatic heterocycles. The zero-order valence-corrected chi connectivity index (χ0v) is 11.9. The number of benzene rings is 1. The van der Waals surface area contributed by atoms with Crippen molar-refractivity contribution in [1.29, 1.82) is 0 Å². The highest BCUT2D eigenvalue weighted by Gasteiger charge is 2.24. The number of ether oxygens (including phenoxy) is 1. The highest BCUT2D eigenvalue weighted by atomic mass is 79.9. The number of ketones is 1. The van der Waals surface area contributed by atoms with Crippen molar-refractivity contribution >= 4 is 27.4 Å². The molecule has 1 unspecified atom stereocenters. The third-order valence-electron chi connectivity index (χ3n) is 3.29. The van der Waals surface area contributed by atoms with Crippen LogP contribution in [0.3, 0.4) is 0 Å². The van der Waals surface area contributed by atoms with E-state index in [0.29, 0.717) is 35.5 Å². The number of nitrogens with zero attached hydrogens (tertiary/aromatic N) is 1. The standard InChI is InChI=1S/C13H14BrNO4/c14-13-10(15(17)18)4-2-6-12(13)19-8-7-9-3-1-5-11(9)16/h2,4,6,9H,1,3,5,7-8H2. The first kappa shape index (κ1) is 14.0. The highest BCUT2D eigenvalue weighted by Crippen LogP contribution is 2.34. The van der Waals surface area contributed by atoms with Crippen molar-refractivity contribution in [2.45, 2.75) is 25.7 Å². The molecule has 0 saturated heterocycles. The molecular weight excluding hydrogens is 314 g/mol. The molecule has 0 heterocycles. The second kappa shape index (κ2) is 6.14. The summed E-state index contributed by atoms with van der Waals surface area (Å²) in [5.74, 6) is 0.846. The average molecular weight is 328 g/mol. The van der Waals surface area contributed by atoms with E-state index < -0.39 is 4.92 Å². The number of hydrogen-bond acceptors (Lipinski definition) is 4. The Kier molecular flexibility index (Phi) is 4.52. The quantitative estimate of drug-likeness (QED) is 0.613. The normalized spacial score (nSPS) is 18.6. The zero-order chi connectivity index (χ0) is 13.8. The first-order valence-electron chi connectivity index (χ1n) is 6.18. The average Bonchev–Trinajstić information content (AvgIpc) is 2.77. The molecule has 102 valence electrons. The Morgan fingerprint density at radius 2 is 2.26 bits per heavy atom. The van der Waals surface area contributed by atoms with E-state index >= 15 is 0 Å². The van der Waals surface area contributed by atoms with Gasteiger partial charge in [0.25, 0.3) is 5.69 Å². The molecule has 0 aromatic heterocycles. The van der Waals surface area contributed by atoms with Crippen molar-refractivity contribution in [3.8, 4) is 5.75 Å². The largest absolute Gasteiger partial charge is 0.492 e. The van der Waals surface area contributed by atoms with Crippen LogP contribution in [0, 0.1) is 16.0 Å². The van der Waals surface area contributed by atoms with Gasteiger partial charge in [0, 0.05) is 18.4 Å². The van der Waals surface area contributed by atoms with Gasteiger partial charge in [0.15, 0.2) is 0 Å². The van der Waals surface area contributed by atoms with E-state index in [1.165, 1.54) is 6.07 Å². The summed E-state index contributed by atoms with van der Waals surface area (Å²) in [5.41, 5.74) is -0.0190. The predicted molar refractivity (Wildman–Crippen MR) is 73.3 cm³/mol. The summed E-state index contributed by atoms with van der Waals surface area (Å²) in [5, 5.41) is 10.8. The molecule has 1 aliphatic carbocycles. The van der Waals surface area contributed by atoms with Gasteiger partial charge >= 0.3 is 0 Å². The maximum absolute atomic E-state index is 11.5. The van der Waals surface area contributed by atoms with E-state index in [1.807, 2.05) is 0 Å². The number of Topliss-reactive ketones (excluding diaryl/α,β-unsaturated/α-hetero) is 1. The van der Waals surface area contributed by atoms with Gasteiger partial charge in [0.2, 0.25) is 0 Å². The molecule has 0 amide bonds. The lowest BCUT2D eigenvalue weighted by molar-refractivity contribution is -0.385. The van der Waals surface area contributed by atoms with Crippen LogP contribution < -0.4 is 4.74 Å². The maximum atomic E-state index is 11.5. The molecule has 1 aromatic carbocycles. The Morgan fingerprint density at radius 3 is 2.89 bits per heavy atom. The number of hydrogen-bond donors (Lipinski definition) is 0. The summed E-state index contributed by atoms with van der Waals surface area (Å²) in [7, 11) is 0. The van der Waals surface area contributed by atoms with E-state index in [0.717, 1.165) is 12.8 Å². The Morgan fingerprint density at radius 1 is 1.47 bits per heavy atom. The summed E-state index contributed by atoms with van der Waals surface area (Å²) in [6.45, 7) is 0.399. The van der Waals surface area contributed by atoms with Crippen LogP contribution in [-0.4, -0.2) is 17.3 Å². The van der Waals surface area contributed by atoms with Crippen LogP contribution in [0.1, 0.15) is 25.7 Å². The minimum atomic E-state index is -0.461. The Labute approximate surface area is 119 Å². The molecule has 1 fully saturated rings. The van der Waals surface area contributed by atoms with Gasteiger partial charge in [-0.05, 0) is 41.3 Å². The van der Waals surface area contributed by atoms with Crippen molar-refractivity contribution in [2.24, 2.45) is 5.92 Å². The van der Waals surface area contributed by atoms with Crippen LogP contribution in [0.5, 0.6) is 5.75 Å². The van der Waals surface area contributed by atoms with Crippen molar-refractivity contribution in [1.82, 2.24) is 0 Å². The van der Waals surface area contributed by atoms with Gasteiger partial charge < -0.3 is 4.74 Å². The van der Waals surface area contributed by atoms with E-state index in [1.54, 1.807) is 12.1 Å². The smallest absolute Gasteiger partial charge is 0.287 e. The van der Waals surface area contributed by atoms with Gasteiger partial charge in [-0.15, -0.1) is 0 Å². The van der Waals surface area contributed by atoms with Crippen LogP contribution in [0.4, 0.5) is 5.69 Å². The van der Waals surface area contributed by atoms with Crippen molar-refractivity contribution < 1.29 is 14.5 Å². The van der Waals surface area contributed by atoms with Crippen LogP contribution in [-0.2, 0) is 4.79 Å². The summed E-state index contributed by atoms with van der Waals surface area (Å²) in [4.78, 5) is 21.8. The fourth-order valence-electron chi connectivity index (χ4n) is 2.26. The molecule has 19 heavy (non-hydrogen) atoms. The third-order valence-corrected chi connectivity index (χ3v) is 4.09. The molecule has 2 rings (SSSR count). The van der Waals surface area contributed by atoms with Gasteiger partial charge in [0.05, 0.1) is 11.5 Å². The van der Waals surface area contributed by atoms with Crippen LogP contribution >= 0.6 is 15.9 Å². The number of nitro groups is 1. The van der Waals surface area contributed by atoms with Gasteiger partial charge in [-0.25, -0.2) is 0 Å². The van der Waals surface area contributed by atoms with E-state index in [-0.39, 0.29) is 11.6 Å². The second-order valence-electron chi connectivity index (χ2n) is 4.54. The molecule has 6 heteroatoms. The van der Waals surface area contributed by atoms with Crippen molar-refractivity contribution in [3.05, 3.63) is 32.8 Å². The molecule has 1 aromatic rings. The van der Waals surface area contributed by atoms with E-state index in [9.17, 15) is 14.9 Å². The summed E-state index contributed by atoms with van der Waals surface area (Å²) in [6.07, 6.45) is 3.24. The number of nitro benzene ring substituents is 1. The number of carbonyl (C=O) groups is 1. The lowest BCUT2D eigenvalue weighted by Gasteiger charge is -2.10. The predicted octanol–water partition coefficient (Wildman–Crippen LogP) is 3.50. The van der Waals surface area contributed by atoms with Gasteiger partial charge in [-0.1, -0.05) is 6.07 Å². The molecule has 0 N–H and O–H groups in total. The highest BCUT2D eigenvalue weighted by molar-refractivity contribution is 9.10. The maximum Gasteiger partial charge on any atom is 0.287 e. The Balaban J connectivity index is 1.94. The summed E-state index contributed by atoms with van der Waals surface area (Å²) in [6, 6.07) is 4.67. The molecule has 0 bridgehead atoms.